The maximum absolute atomic E-state index is 12.4. The Morgan fingerprint density at radius 2 is 1.57 bits per heavy atom. The van der Waals surface area contributed by atoms with Crippen molar-refractivity contribution in [2.45, 2.75) is 44.8 Å². The molecule has 0 aliphatic carbocycles. The lowest BCUT2D eigenvalue weighted by Gasteiger charge is -2.31. The minimum absolute atomic E-state index is 0.116. The van der Waals surface area contributed by atoms with Crippen LogP contribution in [0.3, 0.4) is 0 Å². The molecule has 2 rings (SSSR count). The number of carbonyl (C=O) groups is 2. The lowest BCUT2D eigenvalue weighted by molar-refractivity contribution is -0.144. The maximum Gasteiger partial charge on any atom is 0.408 e. The summed E-state index contributed by atoms with van der Waals surface area (Å²) in [6, 6.07) is 18.8. The average molecular weight is 381 g/mol. The van der Waals surface area contributed by atoms with Gasteiger partial charge in [0.2, 0.25) is 0 Å². The van der Waals surface area contributed by atoms with Gasteiger partial charge in [0, 0.05) is 6.42 Å². The standard InChI is InChI=1S/C23H27NO4/c1-22(2,3)28-21(27)24-23(20(25)26,17-19-13-8-5-9-14-19)16-10-15-18-11-6-4-7-12-18/h4-15H,16-17H2,1-3H3,(H,24,27)(H,25,26)/t23-/m0/s1. The highest BCUT2D eigenvalue weighted by molar-refractivity contribution is 5.85. The number of hydrogen-bond acceptors (Lipinski definition) is 3. The van der Waals surface area contributed by atoms with Crippen LogP contribution in [0.25, 0.3) is 6.08 Å². The molecule has 0 radical (unpaired) electrons. The summed E-state index contributed by atoms with van der Waals surface area (Å²) in [7, 11) is 0. The van der Waals surface area contributed by atoms with Crippen LogP contribution in [-0.4, -0.2) is 28.3 Å². The van der Waals surface area contributed by atoms with Gasteiger partial charge in [-0.1, -0.05) is 72.8 Å². The number of amides is 1. The van der Waals surface area contributed by atoms with Crippen molar-refractivity contribution >= 4 is 18.1 Å². The van der Waals surface area contributed by atoms with Crippen LogP contribution in [-0.2, 0) is 16.0 Å². The molecule has 5 nitrogen and oxygen atoms in total. The van der Waals surface area contributed by atoms with Gasteiger partial charge in [-0.25, -0.2) is 9.59 Å². The van der Waals surface area contributed by atoms with Gasteiger partial charge in [0.1, 0.15) is 11.1 Å². The lowest BCUT2D eigenvalue weighted by atomic mass is 9.87. The third kappa shape index (κ3) is 6.58. The molecule has 28 heavy (non-hydrogen) atoms. The zero-order chi connectivity index (χ0) is 20.6. The normalized spacial score (nSPS) is 13.7. The van der Waals surface area contributed by atoms with E-state index in [1.54, 1.807) is 26.8 Å². The van der Waals surface area contributed by atoms with Crippen molar-refractivity contribution in [3.63, 3.8) is 0 Å². The van der Waals surface area contributed by atoms with E-state index in [4.69, 9.17) is 4.74 Å². The van der Waals surface area contributed by atoms with Gasteiger partial charge in [0.25, 0.3) is 0 Å². The van der Waals surface area contributed by atoms with Gasteiger partial charge < -0.3 is 15.2 Å². The first-order valence-corrected chi connectivity index (χ1v) is 9.20. The van der Waals surface area contributed by atoms with Gasteiger partial charge in [-0.2, -0.15) is 0 Å². The molecule has 0 aromatic heterocycles. The lowest BCUT2D eigenvalue weighted by Crippen LogP contribution is -2.56. The third-order valence-electron chi connectivity index (χ3n) is 4.07. The predicted octanol–water partition coefficient (Wildman–Crippen LogP) is 4.68. The van der Waals surface area contributed by atoms with Gasteiger partial charge in [-0.3, -0.25) is 0 Å². The van der Waals surface area contributed by atoms with Crippen LogP contribution in [0.1, 0.15) is 38.3 Å². The van der Waals surface area contributed by atoms with Crippen molar-refractivity contribution in [3.05, 3.63) is 77.9 Å². The second-order valence-corrected chi connectivity index (χ2v) is 7.69. The van der Waals surface area contributed by atoms with E-state index in [2.05, 4.69) is 5.32 Å². The number of carbonyl (C=O) groups excluding carboxylic acids is 1. The molecule has 1 amide bonds. The smallest absolute Gasteiger partial charge is 0.408 e. The van der Waals surface area contributed by atoms with Crippen LogP contribution in [0.5, 0.6) is 0 Å². The number of nitrogens with one attached hydrogen (secondary N) is 1. The number of carboxylic acid groups (broad SMARTS) is 1. The molecule has 0 aliphatic rings. The summed E-state index contributed by atoms with van der Waals surface area (Å²) in [5.41, 5.74) is -0.469. The van der Waals surface area contributed by atoms with Crippen molar-refractivity contribution in [2.75, 3.05) is 0 Å². The van der Waals surface area contributed by atoms with Gasteiger partial charge in [-0.05, 0) is 38.3 Å². The Kier molecular flexibility index (Phi) is 6.99. The number of benzene rings is 2. The van der Waals surface area contributed by atoms with Crippen molar-refractivity contribution in [2.24, 2.45) is 0 Å². The zero-order valence-corrected chi connectivity index (χ0v) is 16.5. The molecule has 1 atom stereocenters. The molecular formula is C23H27NO4. The van der Waals surface area contributed by atoms with Gasteiger partial charge in [0.15, 0.2) is 0 Å². The highest BCUT2D eigenvalue weighted by Crippen LogP contribution is 2.21. The summed E-state index contributed by atoms with van der Waals surface area (Å²) in [4.78, 5) is 24.6. The monoisotopic (exact) mass is 381 g/mol. The summed E-state index contributed by atoms with van der Waals surface area (Å²) < 4.78 is 5.31. The van der Waals surface area contributed by atoms with E-state index in [1.807, 2.05) is 66.7 Å². The SMILES string of the molecule is CC(C)(C)OC(=O)N[C@@](CC=Cc1ccccc1)(Cc1ccccc1)C(=O)O. The minimum atomic E-state index is -1.52. The maximum atomic E-state index is 12.4. The summed E-state index contributed by atoms with van der Waals surface area (Å²) in [6.07, 6.45) is 3.12. The number of rotatable bonds is 7. The Morgan fingerprint density at radius 1 is 1.00 bits per heavy atom. The summed E-state index contributed by atoms with van der Waals surface area (Å²) in [5, 5.41) is 12.6. The summed E-state index contributed by atoms with van der Waals surface area (Å²) >= 11 is 0. The van der Waals surface area contributed by atoms with Crippen LogP contribution in [0.4, 0.5) is 4.79 Å². The quantitative estimate of drug-likeness (QED) is 0.730. The number of aliphatic carboxylic acids is 1. The molecule has 0 fully saturated rings. The molecule has 2 N–H and O–H groups in total. The van der Waals surface area contributed by atoms with Gasteiger partial charge in [0.05, 0.1) is 0 Å². The fourth-order valence-electron chi connectivity index (χ4n) is 2.79. The molecule has 2 aromatic carbocycles. The molecule has 148 valence electrons. The third-order valence-corrected chi connectivity index (χ3v) is 4.07. The molecule has 2 aromatic rings. The molecule has 0 heterocycles. The van der Waals surface area contributed by atoms with Gasteiger partial charge in [-0.15, -0.1) is 0 Å². The summed E-state index contributed by atoms with van der Waals surface area (Å²) in [5.74, 6) is -1.11. The molecule has 5 heteroatoms. The molecule has 0 unspecified atom stereocenters. The molecule has 0 saturated heterocycles. The highest BCUT2D eigenvalue weighted by Gasteiger charge is 2.40. The van der Waals surface area contributed by atoms with E-state index in [1.165, 1.54) is 0 Å². The Bertz CT molecular complexity index is 810. The Labute approximate surface area is 166 Å². The Balaban J connectivity index is 2.29. The Morgan fingerprint density at radius 3 is 2.11 bits per heavy atom. The number of carboxylic acids is 1. The van der Waals surface area contributed by atoms with Crippen LogP contribution in [0, 0.1) is 0 Å². The van der Waals surface area contributed by atoms with Crippen LogP contribution < -0.4 is 5.32 Å². The largest absolute Gasteiger partial charge is 0.479 e. The van der Waals surface area contributed by atoms with Gasteiger partial charge >= 0.3 is 12.1 Å². The topological polar surface area (TPSA) is 75.6 Å². The van der Waals surface area contributed by atoms with Crippen molar-refractivity contribution < 1.29 is 19.4 Å². The van der Waals surface area contributed by atoms with E-state index < -0.39 is 23.2 Å². The fourth-order valence-corrected chi connectivity index (χ4v) is 2.79. The zero-order valence-electron chi connectivity index (χ0n) is 16.5. The van der Waals surface area contributed by atoms with Crippen LogP contribution >= 0.6 is 0 Å². The number of hydrogen-bond donors (Lipinski definition) is 2. The van der Waals surface area contributed by atoms with Crippen molar-refractivity contribution in [3.8, 4) is 0 Å². The predicted molar refractivity (Wildman–Crippen MR) is 110 cm³/mol. The van der Waals surface area contributed by atoms with E-state index in [-0.39, 0.29) is 12.8 Å². The Hall–Kier alpha value is -3.08. The molecule has 0 bridgehead atoms. The molecular weight excluding hydrogens is 354 g/mol. The second-order valence-electron chi connectivity index (χ2n) is 7.69. The summed E-state index contributed by atoms with van der Waals surface area (Å²) in [6.45, 7) is 5.21. The molecule has 0 saturated carbocycles. The van der Waals surface area contributed by atoms with E-state index in [0.29, 0.717) is 0 Å². The first-order valence-electron chi connectivity index (χ1n) is 9.20. The fraction of sp³-hybridized carbons (Fsp3) is 0.304. The van der Waals surface area contributed by atoms with Crippen LogP contribution in [0.15, 0.2) is 66.7 Å². The first kappa shape index (κ1) is 21.2. The van der Waals surface area contributed by atoms with Crippen LogP contribution in [0.2, 0.25) is 0 Å². The number of ether oxygens (including phenoxy) is 1. The average Bonchev–Trinajstić information content (AvgIpc) is 2.61. The van der Waals surface area contributed by atoms with Crippen molar-refractivity contribution in [1.29, 1.82) is 0 Å². The number of alkyl carbamates (subject to hydrolysis) is 1. The first-order chi connectivity index (χ1) is 13.2. The highest BCUT2D eigenvalue weighted by atomic mass is 16.6. The molecule has 0 aliphatic heterocycles. The second kappa shape index (κ2) is 9.22. The van der Waals surface area contributed by atoms with E-state index in [9.17, 15) is 14.7 Å². The van der Waals surface area contributed by atoms with E-state index in [0.717, 1.165) is 11.1 Å². The van der Waals surface area contributed by atoms with Crippen molar-refractivity contribution in [1.82, 2.24) is 5.32 Å². The van der Waals surface area contributed by atoms with E-state index >= 15 is 0 Å². The molecule has 0 spiro atoms. The minimum Gasteiger partial charge on any atom is -0.479 e.